The van der Waals surface area contributed by atoms with Gasteiger partial charge in [0, 0.05) is 36.3 Å². The monoisotopic (exact) mass is 316 g/mol. The van der Waals surface area contributed by atoms with Gasteiger partial charge in [-0.25, -0.2) is 4.98 Å². The van der Waals surface area contributed by atoms with Gasteiger partial charge in [0.2, 0.25) is 0 Å². The number of likely N-dealkylation sites (tertiary alicyclic amines) is 1. The molecule has 0 saturated carbocycles. The van der Waals surface area contributed by atoms with E-state index in [4.69, 9.17) is 4.74 Å². The number of aromatic nitrogens is 1. The fraction of sp³-hybridized carbons (Fsp3) is 0.471. The maximum atomic E-state index is 10.0. The van der Waals surface area contributed by atoms with Crippen LogP contribution < -0.4 is 4.74 Å². The van der Waals surface area contributed by atoms with Crippen molar-refractivity contribution in [2.75, 3.05) is 26.3 Å². The van der Waals surface area contributed by atoms with Crippen LogP contribution >= 0.6 is 11.3 Å². The summed E-state index contributed by atoms with van der Waals surface area (Å²) in [5.41, 5.74) is 2.18. The number of aliphatic hydroxyl groups is 1. The lowest BCUT2D eigenvalue weighted by atomic mass is 9.74. The number of benzene rings is 1. The van der Waals surface area contributed by atoms with E-state index in [9.17, 15) is 5.11 Å². The van der Waals surface area contributed by atoms with Crippen molar-refractivity contribution < 1.29 is 9.84 Å². The number of ether oxygens (including phenoxy) is 1. The van der Waals surface area contributed by atoms with Gasteiger partial charge in [0.05, 0.1) is 23.9 Å². The molecule has 5 heteroatoms. The van der Waals surface area contributed by atoms with Gasteiger partial charge in [0.1, 0.15) is 5.75 Å². The van der Waals surface area contributed by atoms with Crippen LogP contribution in [0, 0.1) is 12.3 Å². The number of thiazole rings is 1. The Bertz CT molecular complexity index is 687. The number of aryl methyl sites for hydroxylation is 1. The number of para-hydroxylation sites is 1. The van der Waals surface area contributed by atoms with Crippen LogP contribution in [-0.2, 0) is 6.54 Å². The average molecular weight is 316 g/mol. The van der Waals surface area contributed by atoms with Gasteiger partial charge < -0.3 is 9.84 Å². The van der Waals surface area contributed by atoms with Crippen molar-refractivity contribution in [1.82, 2.24) is 9.88 Å². The zero-order valence-corrected chi connectivity index (χ0v) is 13.5. The molecule has 22 heavy (non-hydrogen) atoms. The summed E-state index contributed by atoms with van der Waals surface area (Å²) >= 11 is 1.69. The molecule has 0 aliphatic carbocycles. The highest BCUT2D eigenvalue weighted by Gasteiger charge is 2.50. The molecule has 4 nitrogen and oxygen atoms in total. The molecule has 1 saturated heterocycles. The third-order valence-corrected chi connectivity index (χ3v) is 5.72. The summed E-state index contributed by atoms with van der Waals surface area (Å²) in [4.78, 5) is 6.97. The van der Waals surface area contributed by atoms with Gasteiger partial charge in [0.15, 0.2) is 0 Å². The zero-order valence-electron chi connectivity index (χ0n) is 12.7. The Morgan fingerprint density at radius 3 is 3.09 bits per heavy atom. The van der Waals surface area contributed by atoms with Gasteiger partial charge >= 0.3 is 0 Å². The lowest BCUT2D eigenvalue weighted by molar-refractivity contribution is 0.0457. The molecule has 0 bridgehead atoms. The molecule has 1 N–H and O–H groups in total. The van der Waals surface area contributed by atoms with Crippen LogP contribution in [0.1, 0.15) is 22.2 Å². The number of fused-ring (bicyclic) bond motifs is 3. The highest BCUT2D eigenvalue weighted by atomic mass is 32.1. The minimum absolute atomic E-state index is 0.165. The number of aliphatic hydroxyl groups excluding tert-OH is 1. The first kappa shape index (κ1) is 14.2. The number of hydrogen-bond acceptors (Lipinski definition) is 5. The normalized spacial score (nSPS) is 27.3. The topological polar surface area (TPSA) is 45.6 Å². The molecule has 0 amide bonds. The van der Waals surface area contributed by atoms with Crippen molar-refractivity contribution in [2.24, 2.45) is 5.41 Å². The highest BCUT2D eigenvalue weighted by molar-refractivity contribution is 7.09. The quantitative estimate of drug-likeness (QED) is 0.944. The number of hydrogen-bond donors (Lipinski definition) is 1. The predicted molar refractivity (Wildman–Crippen MR) is 86.3 cm³/mol. The zero-order chi connectivity index (χ0) is 15.2. The summed E-state index contributed by atoms with van der Waals surface area (Å²) in [5, 5.41) is 13.3. The second-order valence-corrected chi connectivity index (χ2v) is 7.49. The third kappa shape index (κ3) is 2.24. The Hall–Kier alpha value is -1.43. The first-order chi connectivity index (χ1) is 10.7. The summed E-state index contributed by atoms with van der Waals surface area (Å²) in [6, 6.07) is 8.24. The van der Waals surface area contributed by atoms with Crippen LogP contribution in [-0.4, -0.2) is 41.3 Å². The molecule has 2 aliphatic rings. The Labute approximate surface area is 134 Å². The SMILES string of the molecule is Cc1nc(CN2C[C@@H]3c4ccccc4OC[C@]3(CO)C2)cs1. The van der Waals surface area contributed by atoms with E-state index in [1.165, 1.54) is 5.56 Å². The van der Waals surface area contributed by atoms with Gasteiger partial charge in [-0.3, -0.25) is 4.90 Å². The highest BCUT2D eigenvalue weighted by Crippen LogP contribution is 2.49. The second kappa shape index (κ2) is 5.33. The van der Waals surface area contributed by atoms with E-state index >= 15 is 0 Å². The van der Waals surface area contributed by atoms with Gasteiger partial charge in [-0.1, -0.05) is 18.2 Å². The number of rotatable bonds is 3. The Morgan fingerprint density at radius 1 is 1.45 bits per heavy atom. The molecule has 2 atom stereocenters. The van der Waals surface area contributed by atoms with Crippen LogP contribution in [0.25, 0.3) is 0 Å². The maximum absolute atomic E-state index is 10.0. The fourth-order valence-corrected chi connectivity index (χ4v) is 4.41. The molecule has 1 aromatic heterocycles. The molecule has 1 aromatic carbocycles. The summed E-state index contributed by atoms with van der Waals surface area (Å²) < 4.78 is 5.93. The molecule has 1 fully saturated rings. The van der Waals surface area contributed by atoms with Crippen molar-refractivity contribution >= 4 is 11.3 Å². The molecule has 4 rings (SSSR count). The van der Waals surface area contributed by atoms with Gasteiger partial charge in [-0.2, -0.15) is 0 Å². The van der Waals surface area contributed by atoms with E-state index in [1.807, 2.05) is 19.1 Å². The van der Waals surface area contributed by atoms with E-state index in [2.05, 4.69) is 27.4 Å². The second-order valence-electron chi connectivity index (χ2n) is 6.43. The smallest absolute Gasteiger partial charge is 0.122 e. The molecule has 2 aromatic rings. The number of nitrogens with zero attached hydrogens (tertiary/aromatic N) is 2. The van der Waals surface area contributed by atoms with Gasteiger partial charge in [-0.05, 0) is 18.6 Å². The van der Waals surface area contributed by atoms with Gasteiger partial charge in [0.25, 0.3) is 0 Å². The van der Waals surface area contributed by atoms with E-state index in [1.54, 1.807) is 11.3 Å². The van der Waals surface area contributed by atoms with Crippen molar-refractivity contribution in [1.29, 1.82) is 0 Å². The lowest BCUT2D eigenvalue weighted by Gasteiger charge is -2.38. The first-order valence-electron chi connectivity index (χ1n) is 7.66. The first-order valence-corrected chi connectivity index (χ1v) is 8.54. The van der Waals surface area contributed by atoms with Crippen LogP contribution in [0.3, 0.4) is 0 Å². The Balaban J connectivity index is 1.61. The lowest BCUT2D eigenvalue weighted by Crippen LogP contribution is -2.42. The third-order valence-electron chi connectivity index (χ3n) is 4.90. The molecule has 0 unspecified atom stereocenters. The predicted octanol–water partition coefficient (Wildman–Crippen LogP) is 2.42. The summed E-state index contributed by atoms with van der Waals surface area (Å²) in [7, 11) is 0. The van der Waals surface area contributed by atoms with Crippen LogP contribution in [0.5, 0.6) is 5.75 Å². The van der Waals surface area contributed by atoms with E-state index in [0.29, 0.717) is 12.5 Å². The summed E-state index contributed by atoms with van der Waals surface area (Å²) in [6.07, 6.45) is 0. The average Bonchev–Trinajstić information content (AvgIpc) is 3.11. The van der Waals surface area contributed by atoms with Crippen molar-refractivity contribution in [3.05, 3.63) is 45.9 Å². The van der Waals surface area contributed by atoms with Crippen molar-refractivity contribution in [3.8, 4) is 5.75 Å². The fourth-order valence-electron chi connectivity index (χ4n) is 3.80. The standard InChI is InChI=1S/C17H20N2O2S/c1-12-18-13(8-22-12)6-19-7-15-14-4-2-3-5-16(14)21-11-17(15,9-19)10-20/h2-5,8,15,20H,6-7,9-11H2,1H3/t15-,17-/m1/s1. The van der Waals surface area contributed by atoms with Crippen LogP contribution in [0.2, 0.25) is 0 Å². The molecular formula is C17H20N2O2S. The Morgan fingerprint density at radius 2 is 2.32 bits per heavy atom. The van der Waals surface area contributed by atoms with E-state index < -0.39 is 0 Å². The molecular weight excluding hydrogens is 296 g/mol. The van der Waals surface area contributed by atoms with E-state index in [-0.39, 0.29) is 12.0 Å². The molecule has 0 spiro atoms. The molecule has 2 aliphatic heterocycles. The van der Waals surface area contributed by atoms with Crippen molar-refractivity contribution in [2.45, 2.75) is 19.4 Å². The minimum atomic E-state index is -0.181. The molecule has 3 heterocycles. The van der Waals surface area contributed by atoms with Crippen LogP contribution in [0.15, 0.2) is 29.6 Å². The molecule has 116 valence electrons. The van der Waals surface area contributed by atoms with Crippen LogP contribution in [0.4, 0.5) is 0 Å². The molecule has 0 radical (unpaired) electrons. The summed E-state index contributed by atoms with van der Waals surface area (Å²) in [5.74, 6) is 1.31. The largest absolute Gasteiger partial charge is 0.493 e. The Kier molecular flexibility index (Phi) is 3.44. The summed E-state index contributed by atoms with van der Waals surface area (Å²) in [6.45, 7) is 5.47. The van der Waals surface area contributed by atoms with Crippen molar-refractivity contribution in [3.63, 3.8) is 0 Å². The minimum Gasteiger partial charge on any atom is -0.493 e. The van der Waals surface area contributed by atoms with E-state index in [0.717, 1.165) is 36.1 Å². The van der Waals surface area contributed by atoms with Gasteiger partial charge in [-0.15, -0.1) is 11.3 Å². The maximum Gasteiger partial charge on any atom is 0.122 e.